The lowest BCUT2D eigenvalue weighted by molar-refractivity contribution is 0.102. The van der Waals surface area contributed by atoms with Crippen LogP contribution < -0.4 is 0 Å². The van der Waals surface area contributed by atoms with Crippen molar-refractivity contribution in [3.8, 4) is 0 Å². The van der Waals surface area contributed by atoms with E-state index in [1.807, 2.05) is 19.1 Å². The third-order valence-electron chi connectivity index (χ3n) is 2.21. The molecule has 2 aromatic rings. The summed E-state index contributed by atoms with van der Waals surface area (Å²) in [5, 5.41) is 0. The number of hydrogen-bond donors (Lipinski definition) is 0. The number of halogens is 1. The van der Waals surface area contributed by atoms with Gasteiger partial charge in [0.25, 0.3) is 0 Å². The van der Waals surface area contributed by atoms with Gasteiger partial charge in [-0.05, 0) is 31.2 Å². The SMILES string of the molecule is Cc1ccc(C(=O)CSc2ccccc2F)s1. The molecule has 88 valence electrons. The molecular formula is C13H11FOS2. The number of hydrogen-bond acceptors (Lipinski definition) is 3. The van der Waals surface area contributed by atoms with Crippen LogP contribution in [-0.4, -0.2) is 11.5 Å². The average molecular weight is 266 g/mol. The predicted octanol–water partition coefficient (Wildman–Crippen LogP) is 4.17. The molecule has 0 fully saturated rings. The number of rotatable bonds is 4. The Morgan fingerprint density at radius 1 is 1.29 bits per heavy atom. The van der Waals surface area contributed by atoms with Crippen molar-refractivity contribution in [2.45, 2.75) is 11.8 Å². The highest BCUT2D eigenvalue weighted by Crippen LogP contribution is 2.24. The summed E-state index contributed by atoms with van der Waals surface area (Å²) in [7, 11) is 0. The Labute approximate surface area is 108 Å². The van der Waals surface area contributed by atoms with Crippen LogP contribution in [0.5, 0.6) is 0 Å². The summed E-state index contributed by atoms with van der Waals surface area (Å²) in [5.74, 6) is 0.0602. The lowest BCUT2D eigenvalue weighted by Crippen LogP contribution is -1.99. The second kappa shape index (κ2) is 5.47. The lowest BCUT2D eigenvalue weighted by atomic mass is 10.3. The number of ketones is 1. The van der Waals surface area contributed by atoms with Crippen LogP contribution in [-0.2, 0) is 0 Å². The minimum atomic E-state index is -0.271. The van der Waals surface area contributed by atoms with E-state index < -0.39 is 0 Å². The molecule has 0 radical (unpaired) electrons. The molecule has 0 aliphatic heterocycles. The van der Waals surface area contributed by atoms with E-state index in [0.717, 1.165) is 9.75 Å². The Balaban J connectivity index is 1.99. The Morgan fingerprint density at radius 2 is 2.06 bits per heavy atom. The maximum absolute atomic E-state index is 13.3. The van der Waals surface area contributed by atoms with Gasteiger partial charge in [-0.25, -0.2) is 4.39 Å². The molecule has 4 heteroatoms. The number of carbonyl (C=O) groups is 1. The van der Waals surface area contributed by atoms with E-state index in [2.05, 4.69) is 0 Å². The standard InChI is InChI=1S/C13H11FOS2/c1-9-6-7-13(17-9)11(15)8-16-12-5-3-2-4-10(12)14/h2-7H,8H2,1H3. The monoisotopic (exact) mass is 266 g/mol. The zero-order chi connectivity index (χ0) is 12.3. The normalized spacial score (nSPS) is 10.5. The maximum Gasteiger partial charge on any atom is 0.182 e. The topological polar surface area (TPSA) is 17.1 Å². The summed E-state index contributed by atoms with van der Waals surface area (Å²) >= 11 is 2.72. The fourth-order valence-corrected chi connectivity index (χ4v) is 3.08. The number of thiophene rings is 1. The first kappa shape index (κ1) is 12.3. The predicted molar refractivity (Wildman–Crippen MR) is 70.5 cm³/mol. The van der Waals surface area contributed by atoms with Crippen LogP contribution in [0.2, 0.25) is 0 Å². The Bertz CT molecular complexity index is 534. The zero-order valence-corrected chi connectivity index (χ0v) is 10.9. The molecule has 1 nitrogen and oxygen atoms in total. The molecule has 0 amide bonds. The summed E-state index contributed by atoms with van der Waals surface area (Å²) in [4.78, 5) is 14.2. The van der Waals surface area contributed by atoms with Crippen molar-refractivity contribution in [2.24, 2.45) is 0 Å². The van der Waals surface area contributed by atoms with Crippen molar-refractivity contribution in [3.05, 3.63) is 52.0 Å². The quantitative estimate of drug-likeness (QED) is 0.610. The zero-order valence-electron chi connectivity index (χ0n) is 9.27. The van der Waals surface area contributed by atoms with Crippen molar-refractivity contribution in [1.82, 2.24) is 0 Å². The fraction of sp³-hybridized carbons (Fsp3) is 0.154. The highest BCUT2D eigenvalue weighted by Gasteiger charge is 2.10. The number of thioether (sulfide) groups is 1. The van der Waals surface area contributed by atoms with E-state index in [0.29, 0.717) is 4.90 Å². The van der Waals surface area contributed by atoms with Gasteiger partial charge in [0.1, 0.15) is 5.82 Å². The molecule has 2 rings (SSSR count). The number of carbonyl (C=O) groups excluding carboxylic acids is 1. The summed E-state index contributed by atoms with van der Waals surface area (Å²) in [6, 6.07) is 10.2. The summed E-state index contributed by atoms with van der Waals surface area (Å²) in [5.41, 5.74) is 0. The molecular weight excluding hydrogens is 255 g/mol. The number of aryl methyl sites for hydroxylation is 1. The second-order valence-corrected chi connectivity index (χ2v) is 5.86. The maximum atomic E-state index is 13.3. The van der Waals surface area contributed by atoms with Gasteiger partial charge in [-0.1, -0.05) is 12.1 Å². The molecule has 0 bridgehead atoms. The van der Waals surface area contributed by atoms with E-state index >= 15 is 0 Å². The van der Waals surface area contributed by atoms with Gasteiger partial charge >= 0.3 is 0 Å². The van der Waals surface area contributed by atoms with E-state index in [9.17, 15) is 9.18 Å². The molecule has 1 aromatic heterocycles. The van der Waals surface area contributed by atoms with Crippen LogP contribution in [0.15, 0.2) is 41.3 Å². The van der Waals surface area contributed by atoms with Crippen molar-refractivity contribution >= 4 is 28.9 Å². The summed E-state index contributed by atoms with van der Waals surface area (Å²) in [6.07, 6.45) is 0. The first-order valence-electron chi connectivity index (χ1n) is 5.14. The highest BCUT2D eigenvalue weighted by atomic mass is 32.2. The molecule has 0 aliphatic carbocycles. The molecule has 0 saturated heterocycles. The molecule has 0 aliphatic rings. The van der Waals surface area contributed by atoms with E-state index in [1.54, 1.807) is 18.2 Å². The third-order valence-corrected chi connectivity index (χ3v) is 4.30. The highest BCUT2D eigenvalue weighted by molar-refractivity contribution is 8.00. The van der Waals surface area contributed by atoms with Gasteiger partial charge in [-0.15, -0.1) is 23.1 Å². The van der Waals surface area contributed by atoms with Gasteiger partial charge in [0, 0.05) is 9.77 Å². The Kier molecular flexibility index (Phi) is 3.97. The molecule has 0 unspecified atom stereocenters. The van der Waals surface area contributed by atoms with E-state index in [-0.39, 0.29) is 17.4 Å². The van der Waals surface area contributed by atoms with E-state index in [4.69, 9.17) is 0 Å². The van der Waals surface area contributed by atoms with Crippen LogP contribution in [0.1, 0.15) is 14.5 Å². The average Bonchev–Trinajstić information content (AvgIpc) is 2.74. The minimum Gasteiger partial charge on any atom is -0.292 e. The Hall–Kier alpha value is -1.13. The Morgan fingerprint density at radius 3 is 2.71 bits per heavy atom. The van der Waals surface area contributed by atoms with Crippen LogP contribution in [0.3, 0.4) is 0 Å². The third kappa shape index (κ3) is 3.17. The first-order chi connectivity index (χ1) is 8.16. The van der Waals surface area contributed by atoms with Crippen LogP contribution >= 0.6 is 23.1 Å². The van der Waals surface area contributed by atoms with Gasteiger partial charge in [-0.3, -0.25) is 4.79 Å². The second-order valence-electron chi connectivity index (χ2n) is 3.55. The lowest BCUT2D eigenvalue weighted by Gasteiger charge is -2.01. The summed E-state index contributed by atoms with van der Waals surface area (Å²) < 4.78 is 13.3. The van der Waals surface area contributed by atoms with Gasteiger partial charge in [0.2, 0.25) is 0 Å². The molecule has 0 atom stereocenters. The first-order valence-corrected chi connectivity index (χ1v) is 6.94. The van der Waals surface area contributed by atoms with Crippen molar-refractivity contribution in [2.75, 3.05) is 5.75 Å². The smallest absolute Gasteiger partial charge is 0.182 e. The van der Waals surface area contributed by atoms with Crippen molar-refractivity contribution < 1.29 is 9.18 Å². The summed E-state index contributed by atoms with van der Waals surface area (Å²) in [6.45, 7) is 1.96. The van der Waals surface area contributed by atoms with Crippen molar-refractivity contribution in [3.63, 3.8) is 0 Å². The fourth-order valence-electron chi connectivity index (χ4n) is 1.36. The van der Waals surface area contributed by atoms with E-state index in [1.165, 1.54) is 29.2 Å². The number of benzene rings is 1. The molecule has 0 N–H and O–H groups in total. The van der Waals surface area contributed by atoms with Gasteiger partial charge in [0.15, 0.2) is 5.78 Å². The van der Waals surface area contributed by atoms with Crippen LogP contribution in [0, 0.1) is 12.7 Å². The van der Waals surface area contributed by atoms with Crippen LogP contribution in [0.25, 0.3) is 0 Å². The minimum absolute atomic E-state index is 0.0522. The van der Waals surface area contributed by atoms with Crippen LogP contribution in [0.4, 0.5) is 4.39 Å². The van der Waals surface area contributed by atoms with Crippen molar-refractivity contribution in [1.29, 1.82) is 0 Å². The van der Waals surface area contributed by atoms with Gasteiger partial charge < -0.3 is 0 Å². The van der Waals surface area contributed by atoms with Gasteiger partial charge in [0.05, 0.1) is 10.6 Å². The molecule has 1 heterocycles. The molecule has 17 heavy (non-hydrogen) atoms. The largest absolute Gasteiger partial charge is 0.292 e. The number of Topliss-reactive ketones (excluding diaryl/α,β-unsaturated/α-hetero) is 1. The molecule has 0 spiro atoms. The van der Waals surface area contributed by atoms with Gasteiger partial charge in [-0.2, -0.15) is 0 Å². The molecule has 1 aromatic carbocycles. The molecule has 0 saturated carbocycles.